The maximum absolute atomic E-state index is 13.2. The second-order valence-electron chi connectivity index (χ2n) is 8.07. The highest BCUT2D eigenvalue weighted by molar-refractivity contribution is 7.80. The first-order valence-corrected chi connectivity index (χ1v) is 11.7. The number of hydrogen-bond acceptors (Lipinski definition) is 7. The van der Waals surface area contributed by atoms with Gasteiger partial charge in [0.1, 0.15) is 11.4 Å². The van der Waals surface area contributed by atoms with E-state index in [0.29, 0.717) is 11.3 Å². The second kappa shape index (κ2) is 11.5. The van der Waals surface area contributed by atoms with Crippen molar-refractivity contribution in [3.63, 3.8) is 0 Å². The smallest absolute Gasteiger partial charge is 0.335 e. The van der Waals surface area contributed by atoms with E-state index in [-0.39, 0.29) is 40.0 Å². The SMILES string of the molecule is COc1cc(C=C2C(=O)NC(=S)N(c3cccc(C(=O)O)c3)C2=O)ccc1OCC(=O)Nc1ccc(F)cc1. The molecule has 0 atom stereocenters. The minimum absolute atomic E-state index is 0.0581. The number of thiocarbonyl (C=S) groups is 1. The minimum Gasteiger partial charge on any atom is -0.493 e. The van der Waals surface area contributed by atoms with Crippen molar-refractivity contribution in [3.8, 4) is 11.5 Å². The Bertz CT molecular complexity index is 1520. The average Bonchev–Trinajstić information content (AvgIpc) is 2.91. The molecule has 198 valence electrons. The van der Waals surface area contributed by atoms with E-state index in [1.54, 1.807) is 6.07 Å². The third-order valence-electron chi connectivity index (χ3n) is 5.44. The number of rotatable bonds is 8. The van der Waals surface area contributed by atoms with E-state index in [0.717, 1.165) is 4.90 Å². The van der Waals surface area contributed by atoms with Crippen LogP contribution in [-0.4, -0.2) is 47.6 Å². The zero-order valence-corrected chi connectivity index (χ0v) is 21.1. The van der Waals surface area contributed by atoms with Crippen molar-refractivity contribution in [2.24, 2.45) is 0 Å². The molecule has 3 aromatic carbocycles. The Kier molecular flexibility index (Phi) is 7.96. The zero-order chi connectivity index (χ0) is 28.1. The van der Waals surface area contributed by atoms with Crippen LogP contribution in [0.15, 0.2) is 72.3 Å². The molecular formula is C27H20FN3O7S. The van der Waals surface area contributed by atoms with E-state index in [2.05, 4.69) is 10.6 Å². The van der Waals surface area contributed by atoms with Crippen LogP contribution in [0.4, 0.5) is 15.8 Å². The standard InChI is InChI=1S/C27H20FN3O7S/c1-37-22-12-15(5-10-21(22)38-14-23(32)29-18-8-6-17(28)7-9-18)11-20-24(33)30-27(39)31(25(20)34)19-4-2-3-16(13-19)26(35)36/h2-13H,14H2,1H3,(H,29,32)(H,35,36)(H,30,33,39). The molecule has 0 unspecified atom stereocenters. The first kappa shape index (κ1) is 26.9. The molecule has 0 aromatic heterocycles. The fourth-order valence-electron chi connectivity index (χ4n) is 3.60. The number of carbonyl (C=O) groups is 4. The predicted molar refractivity (Wildman–Crippen MR) is 143 cm³/mol. The molecular weight excluding hydrogens is 529 g/mol. The van der Waals surface area contributed by atoms with Crippen molar-refractivity contribution in [2.45, 2.75) is 0 Å². The molecule has 0 radical (unpaired) electrons. The summed E-state index contributed by atoms with van der Waals surface area (Å²) in [5.41, 5.74) is 0.671. The summed E-state index contributed by atoms with van der Waals surface area (Å²) in [5.74, 6) is -3.13. The first-order valence-electron chi connectivity index (χ1n) is 11.3. The van der Waals surface area contributed by atoms with E-state index in [1.807, 2.05) is 0 Å². The van der Waals surface area contributed by atoms with Crippen LogP contribution in [0.2, 0.25) is 0 Å². The van der Waals surface area contributed by atoms with Crippen LogP contribution in [0.25, 0.3) is 6.08 Å². The highest BCUT2D eigenvalue weighted by atomic mass is 32.1. The summed E-state index contributed by atoms with van der Waals surface area (Å²) < 4.78 is 23.9. The number of anilines is 2. The molecule has 1 fully saturated rings. The fraction of sp³-hybridized carbons (Fsp3) is 0.0741. The number of halogens is 1. The predicted octanol–water partition coefficient (Wildman–Crippen LogP) is 3.38. The lowest BCUT2D eigenvalue weighted by Gasteiger charge is -2.29. The number of carboxylic acid groups (broad SMARTS) is 1. The molecule has 39 heavy (non-hydrogen) atoms. The van der Waals surface area contributed by atoms with E-state index in [4.69, 9.17) is 21.7 Å². The van der Waals surface area contributed by atoms with Crippen molar-refractivity contribution < 1.29 is 38.1 Å². The number of aromatic carboxylic acids is 1. The summed E-state index contributed by atoms with van der Waals surface area (Å²) in [6.07, 6.45) is 1.32. The topological polar surface area (TPSA) is 134 Å². The second-order valence-corrected chi connectivity index (χ2v) is 8.45. The Hall–Kier alpha value is -5.10. The molecule has 3 N–H and O–H groups in total. The van der Waals surface area contributed by atoms with Crippen molar-refractivity contribution in [1.29, 1.82) is 0 Å². The molecule has 3 amide bonds. The van der Waals surface area contributed by atoms with Crippen LogP contribution in [0.5, 0.6) is 11.5 Å². The van der Waals surface area contributed by atoms with Crippen LogP contribution in [-0.2, 0) is 14.4 Å². The van der Waals surface area contributed by atoms with Crippen molar-refractivity contribution in [2.75, 3.05) is 23.9 Å². The number of nitrogens with zero attached hydrogens (tertiary/aromatic N) is 1. The van der Waals surface area contributed by atoms with Gasteiger partial charge in [0.05, 0.1) is 18.4 Å². The van der Waals surface area contributed by atoms with Crippen molar-refractivity contribution in [3.05, 3.63) is 89.2 Å². The lowest BCUT2D eigenvalue weighted by molar-refractivity contribution is -0.122. The zero-order valence-electron chi connectivity index (χ0n) is 20.3. The van der Waals surface area contributed by atoms with Gasteiger partial charge in [0.25, 0.3) is 17.7 Å². The van der Waals surface area contributed by atoms with Gasteiger partial charge in [-0.05, 0) is 78.5 Å². The summed E-state index contributed by atoms with van der Waals surface area (Å²) in [7, 11) is 1.38. The number of ether oxygens (including phenoxy) is 2. The van der Waals surface area contributed by atoms with E-state index < -0.39 is 29.5 Å². The van der Waals surface area contributed by atoms with Gasteiger partial charge < -0.3 is 19.9 Å². The van der Waals surface area contributed by atoms with Crippen molar-refractivity contribution in [1.82, 2.24) is 5.32 Å². The Morgan fingerprint density at radius 1 is 1.08 bits per heavy atom. The van der Waals surface area contributed by atoms with Gasteiger partial charge >= 0.3 is 5.97 Å². The highest BCUT2D eigenvalue weighted by Gasteiger charge is 2.34. The summed E-state index contributed by atoms with van der Waals surface area (Å²) in [5, 5.41) is 14.1. The third kappa shape index (κ3) is 6.25. The van der Waals surface area contributed by atoms with Gasteiger partial charge in [-0.25, -0.2) is 9.18 Å². The lowest BCUT2D eigenvalue weighted by atomic mass is 10.1. The van der Waals surface area contributed by atoms with Gasteiger partial charge in [0.15, 0.2) is 23.2 Å². The number of carbonyl (C=O) groups excluding carboxylic acids is 3. The number of hydrogen-bond donors (Lipinski definition) is 3. The highest BCUT2D eigenvalue weighted by Crippen LogP contribution is 2.30. The van der Waals surface area contributed by atoms with E-state index in [9.17, 15) is 28.7 Å². The van der Waals surface area contributed by atoms with Gasteiger partial charge in [-0.3, -0.25) is 24.6 Å². The van der Waals surface area contributed by atoms with Crippen LogP contribution in [0.1, 0.15) is 15.9 Å². The van der Waals surface area contributed by atoms with Crippen LogP contribution < -0.4 is 25.0 Å². The Labute approximate surface area is 226 Å². The number of benzene rings is 3. The number of nitrogens with one attached hydrogen (secondary N) is 2. The first-order chi connectivity index (χ1) is 18.7. The Balaban J connectivity index is 1.52. The molecule has 0 spiro atoms. The van der Waals surface area contributed by atoms with Gasteiger partial charge in [-0.15, -0.1) is 0 Å². The molecule has 0 bridgehead atoms. The Morgan fingerprint density at radius 3 is 2.51 bits per heavy atom. The third-order valence-corrected chi connectivity index (χ3v) is 5.72. The normalized spacial score (nSPS) is 14.2. The van der Waals surface area contributed by atoms with E-state index in [1.165, 1.54) is 73.8 Å². The van der Waals surface area contributed by atoms with Gasteiger partial charge in [0, 0.05) is 5.69 Å². The molecule has 10 nitrogen and oxygen atoms in total. The lowest BCUT2D eigenvalue weighted by Crippen LogP contribution is -2.54. The summed E-state index contributed by atoms with van der Waals surface area (Å²) in [6, 6.07) is 15.4. The molecule has 1 aliphatic rings. The van der Waals surface area contributed by atoms with Crippen LogP contribution in [0, 0.1) is 5.82 Å². The molecule has 0 aliphatic carbocycles. The minimum atomic E-state index is -1.19. The summed E-state index contributed by atoms with van der Waals surface area (Å²) in [4.78, 5) is 50.4. The maximum Gasteiger partial charge on any atom is 0.335 e. The van der Waals surface area contributed by atoms with Crippen molar-refractivity contribution >= 4 is 58.5 Å². The molecule has 12 heteroatoms. The summed E-state index contributed by atoms with van der Waals surface area (Å²) in [6.45, 7) is -0.364. The Morgan fingerprint density at radius 2 is 1.82 bits per heavy atom. The number of carboxylic acids is 1. The molecule has 4 rings (SSSR count). The number of methoxy groups -OCH3 is 1. The average molecular weight is 550 g/mol. The van der Waals surface area contributed by atoms with E-state index >= 15 is 0 Å². The number of amides is 3. The van der Waals surface area contributed by atoms with Crippen LogP contribution >= 0.6 is 12.2 Å². The monoisotopic (exact) mass is 549 g/mol. The van der Waals surface area contributed by atoms with Gasteiger partial charge in [-0.1, -0.05) is 12.1 Å². The largest absolute Gasteiger partial charge is 0.493 e. The maximum atomic E-state index is 13.2. The molecule has 1 heterocycles. The quantitative estimate of drug-likeness (QED) is 0.221. The molecule has 0 saturated carbocycles. The van der Waals surface area contributed by atoms with Gasteiger partial charge in [-0.2, -0.15) is 0 Å². The molecule has 3 aromatic rings. The summed E-state index contributed by atoms with van der Waals surface area (Å²) >= 11 is 5.16. The van der Waals surface area contributed by atoms with Gasteiger partial charge in [0.2, 0.25) is 0 Å². The molecule has 1 aliphatic heterocycles. The van der Waals surface area contributed by atoms with Crippen LogP contribution in [0.3, 0.4) is 0 Å². The fourth-order valence-corrected chi connectivity index (χ4v) is 3.88. The molecule has 1 saturated heterocycles.